The highest BCUT2D eigenvalue weighted by molar-refractivity contribution is 9.10. The highest BCUT2D eigenvalue weighted by Gasteiger charge is 2.34. The molecule has 0 spiro atoms. The van der Waals surface area contributed by atoms with Gasteiger partial charge in [0.15, 0.2) is 0 Å². The van der Waals surface area contributed by atoms with Crippen LogP contribution >= 0.6 is 15.9 Å². The molecule has 0 unspecified atom stereocenters. The van der Waals surface area contributed by atoms with Gasteiger partial charge in [-0.3, -0.25) is 13.9 Å². The van der Waals surface area contributed by atoms with E-state index in [0.717, 1.165) is 19.9 Å². The predicted octanol–water partition coefficient (Wildman–Crippen LogP) is 5.42. The van der Waals surface area contributed by atoms with Gasteiger partial charge in [-0.2, -0.15) is 0 Å². The van der Waals surface area contributed by atoms with Crippen molar-refractivity contribution in [1.82, 2.24) is 10.2 Å². The lowest BCUT2D eigenvalue weighted by Gasteiger charge is -2.33. The highest BCUT2D eigenvalue weighted by Crippen LogP contribution is 2.26. The van der Waals surface area contributed by atoms with Gasteiger partial charge >= 0.3 is 0 Å². The average molecular weight is 635 g/mol. The van der Waals surface area contributed by atoms with E-state index in [0.29, 0.717) is 12.2 Å². The van der Waals surface area contributed by atoms with Gasteiger partial charge in [-0.15, -0.1) is 0 Å². The quantitative estimate of drug-likeness (QED) is 0.226. The maximum Gasteiger partial charge on any atom is 0.264 e. The number of benzene rings is 4. The maximum atomic E-state index is 14.2. The van der Waals surface area contributed by atoms with Crippen LogP contribution in [0.3, 0.4) is 0 Å². The molecule has 0 aromatic heterocycles. The number of amides is 2. The van der Waals surface area contributed by atoms with Crippen molar-refractivity contribution in [2.45, 2.75) is 30.8 Å². The summed E-state index contributed by atoms with van der Waals surface area (Å²) in [4.78, 5) is 29.3. The van der Waals surface area contributed by atoms with Crippen molar-refractivity contribution in [2.75, 3.05) is 17.4 Å². The SMILES string of the molecule is CCNC(=O)[C@H](Cc1ccccc1)N(Cc1ccccc1)C(=O)CN(c1ccc(Br)cc1)S(=O)(=O)c1ccccc1. The Kier molecular flexibility index (Phi) is 10.3. The molecule has 0 aliphatic rings. The van der Waals surface area contributed by atoms with E-state index in [2.05, 4.69) is 21.2 Å². The van der Waals surface area contributed by atoms with Crippen LogP contribution in [-0.2, 0) is 32.6 Å². The summed E-state index contributed by atoms with van der Waals surface area (Å²) >= 11 is 3.39. The zero-order chi connectivity index (χ0) is 29.2. The zero-order valence-corrected chi connectivity index (χ0v) is 25.1. The molecule has 0 aliphatic carbocycles. The number of likely N-dealkylation sites (N-methyl/N-ethyl adjacent to an activating group) is 1. The molecule has 212 valence electrons. The predicted molar refractivity (Wildman–Crippen MR) is 165 cm³/mol. The van der Waals surface area contributed by atoms with Gasteiger partial charge in [-0.1, -0.05) is 94.8 Å². The van der Waals surface area contributed by atoms with E-state index in [1.54, 1.807) is 42.5 Å². The number of carbonyl (C=O) groups is 2. The Morgan fingerprint density at radius 1 is 0.780 bits per heavy atom. The molecule has 41 heavy (non-hydrogen) atoms. The Labute approximate surface area is 250 Å². The molecular weight excluding hydrogens is 602 g/mol. The zero-order valence-electron chi connectivity index (χ0n) is 22.7. The number of sulfonamides is 1. The number of hydrogen-bond donors (Lipinski definition) is 1. The molecule has 0 heterocycles. The highest BCUT2D eigenvalue weighted by atomic mass is 79.9. The van der Waals surface area contributed by atoms with Crippen LogP contribution in [0.15, 0.2) is 125 Å². The summed E-state index contributed by atoms with van der Waals surface area (Å²) in [5.41, 5.74) is 2.04. The lowest BCUT2D eigenvalue weighted by Crippen LogP contribution is -2.53. The van der Waals surface area contributed by atoms with E-state index in [1.807, 2.05) is 67.6 Å². The van der Waals surface area contributed by atoms with Gasteiger partial charge in [0, 0.05) is 24.0 Å². The third-order valence-electron chi connectivity index (χ3n) is 6.54. The van der Waals surface area contributed by atoms with Crippen LogP contribution in [0.4, 0.5) is 5.69 Å². The van der Waals surface area contributed by atoms with Gasteiger partial charge in [0.2, 0.25) is 11.8 Å². The molecular formula is C32H32BrN3O4S. The third kappa shape index (κ3) is 7.83. The molecule has 4 aromatic rings. The van der Waals surface area contributed by atoms with Crippen molar-refractivity contribution in [3.8, 4) is 0 Å². The number of nitrogens with one attached hydrogen (secondary N) is 1. The molecule has 0 radical (unpaired) electrons. The van der Waals surface area contributed by atoms with Crippen LogP contribution in [0.25, 0.3) is 0 Å². The van der Waals surface area contributed by atoms with E-state index in [-0.39, 0.29) is 23.8 Å². The lowest BCUT2D eigenvalue weighted by atomic mass is 10.0. The number of nitrogens with zero attached hydrogens (tertiary/aromatic N) is 2. The molecule has 7 nitrogen and oxygen atoms in total. The van der Waals surface area contributed by atoms with E-state index in [9.17, 15) is 18.0 Å². The summed E-state index contributed by atoms with van der Waals surface area (Å²) in [7, 11) is -4.11. The summed E-state index contributed by atoms with van der Waals surface area (Å²) in [5, 5.41) is 2.86. The number of anilines is 1. The van der Waals surface area contributed by atoms with Gasteiger partial charge in [-0.25, -0.2) is 8.42 Å². The molecule has 0 aliphatic heterocycles. The summed E-state index contributed by atoms with van der Waals surface area (Å²) < 4.78 is 29.7. The standard InChI is InChI=1S/C32H32BrN3O4S/c1-2-34-32(38)30(22-25-12-6-3-7-13-25)35(23-26-14-8-4-9-15-26)31(37)24-36(28-20-18-27(33)19-21-28)41(39,40)29-16-10-5-11-17-29/h3-21,30H,2,22-24H2,1H3,(H,34,38)/t30-/m0/s1. The Morgan fingerprint density at radius 3 is 1.88 bits per heavy atom. The molecule has 2 amide bonds. The summed E-state index contributed by atoms with van der Waals surface area (Å²) in [6, 6.07) is 32.7. The second-order valence-electron chi connectivity index (χ2n) is 9.41. The second-order valence-corrected chi connectivity index (χ2v) is 12.2. The minimum Gasteiger partial charge on any atom is -0.355 e. The first kappa shape index (κ1) is 30.0. The molecule has 1 atom stereocenters. The molecule has 4 rings (SSSR count). The summed E-state index contributed by atoms with van der Waals surface area (Å²) in [6.07, 6.45) is 0.273. The summed E-state index contributed by atoms with van der Waals surface area (Å²) in [6.45, 7) is 1.86. The van der Waals surface area contributed by atoms with Gasteiger partial charge in [0.1, 0.15) is 12.6 Å². The van der Waals surface area contributed by atoms with Crippen LogP contribution in [0.1, 0.15) is 18.1 Å². The van der Waals surface area contributed by atoms with Crippen molar-refractivity contribution >= 4 is 43.5 Å². The van der Waals surface area contributed by atoms with Crippen molar-refractivity contribution in [1.29, 1.82) is 0 Å². The number of halogens is 1. The topological polar surface area (TPSA) is 86.8 Å². The molecule has 0 saturated heterocycles. The first-order valence-electron chi connectivity index (χ1n) is 13.3. The molecule has 0 bridgehead atoms. The average Bonchev–Trinajstić information content (AvgIpc) is 2.99. The van der Waals surface area contributed by atoms with E-state index < -0.39 is 28.5 Å². The fourth-order valence-electron chi connectivity index (χ4n) is 4.48. The number of carbonyl (C=O) groups excluding carboxylic acids is 2. The fraction of sp³-hybridized carbons (Fsp3) is 0.188. The van der Waals surface area contributed by atoms with Gasteiger partial charge < -0.3 is 10.2 Å². The Balaban J connectivity index is 1.77. The van der Waals surface area contributed by atoms with Crippen LogP contribution in [0, 0.1) is 0 Å². The molecule has 0 saturated carbocycles. The van der Waals surface area contributed by atoms with Crippen LogP contribution < -0.4 is 9.62 Å². The normalized spacial score (nSPS) is 11.9. The Bertz CT molecular complexity index is 1530. The smallest absolute Gasteiger partial charge is 0.264 e. The third-order valence-corrected chi connectivity index (χ3v) is 8.86. The largest absolute Gasteiger partial charge is 0.355 e. The molecule has 9 heteroatoms. The fourth-order valence-corrected chi connectivity index (χ4v) is 6.18. The van der Waals surface area contributed by atoms with E-state index >= 15 is 0 Å². The number of hydrogen-bond acceptors (Lipinski definition) is 4. The van der Waals surface area contributed by atoms with Crippen molar-refractivity contribution in [3.05, 3.63) is 131 Å². The second kappa shape index (κ2) is 14.1. The van der Waals surface area contributed by atoms with Crippen LogP contribution in [-0.4, -0.2) is 44.3 Å². The van der Waals surface area contributed by atoms with Crippen LogP contribution in [0.2, 0.25) is 0 Å². The van der Waals surface area contributed by atoms with E-state index in [1.165, 1.54) is 17.0 Å². The number of rotatable bonds is 12. The minimum atomic E-state index is -4.11. The first-order valence-corrected chi connectivity index (χ1v) is 15.5. The molecule has 1 N–H and O–H groups in total. The van der Waals surface area contributed by atoms with Gasteiger partial charge in [0.05, 0.1) is 10.6 Å². The van der Waals surface area contributed by atoms with Crippen LogP contribution in [0.5, 0.6) is 0 Å². The Hall–Kier alpha value is -3.95. The van der Waals surface area contributed by atoms with Crippen molar-refractivity contribution in [2.24, 2.45) is 0 Å². The maximum absolute atomic E-state index is 14.2. The first-order chi connectivity index (χ1) is 19.8. The Morgan fingerprint density at radius 2 is 1.32 bits per heavy atom. The monoisotopic (exact) mass is 633 g/mol. The van der Waals surface area contributed by atoms with Gasteiger partial charge in [-0.05, 0) is 54.4 Å². The van der Waals surface area contributed by atoms with Gasteiger partial charge in [0.25, 0.3) is 10.0 Å². The lowest BCUT2D eigenvalue weighted by molar-refractivity contribution is -0.140. The van der Waals surface area contributed by atoms with Crippen molar-refractivity contribution < 1.29 is 18.0 Å². The minimum absolute atomic E-state index is 0.0647. The van der Waals surface area contributed by atoms with Crippen molar-refractivity contribution in [3.63, 3.8) is 0 Å². The molecule has 4 aromatic carbocycles. The summed E-state index contributed by atoms with van der Waals surface area (Å²) in [5.74, 6) is -0.801. The van der Waals surface area contributed by atoms with E-state index in [4.69, 9.17) is 0 Å². The molecule has 0 fully saturated rings.